The molecule has 0 unspecified atom stereocenters. The summed E-state index contributed by atoms with van der Waals surface area (Å²) in [5, 5.41) is 5.34. The number of aromatic amines is 2. The maximum absolute atomic E-state index is 15.8. The number of H-pyrrole nitrogens is 2. The number of ether oxygens (including phenoxy) is 2. The van der Waals surface area contributed by atoms with Crippen LogP contribution in [-0.4, -0.2) is 87.1 Å². The van der Waals surface area contributed by atoms with Crippen molar-refractivity contribution >= 4 is 24.0 Å². The Hall–Kier alpha value is -6.58. The Morgan fingerprint density at radius 1 is 0.695 bits per heavy atom. The van der Waals surface area contributed by atoms with Crippen LogP contribution in [0.2, 0.25) is 0 Å². The molecular weight excluding hydrogens is 763 g/mol. The number of halogens is 2. The number of hydrogen-bond donors (Lipinski definition) is 4. The Morgan fingerprint density at radius 2 is 1.20 bits per heavy atom. The molecule has 3 aliphatic rings. The van der Waals surface area contributed by atoms with E-state index in [1.807, 2.05) is 6.07 Å². The number of alkyl carbamates (subject to hydrolysis) is 2. The second-order valence-electron chi connectivity index (χ2n) is 15.1. The van der Waals surface area contributed by atoms with Crippen LogP contribution in [0, 0.1) is 17.6 Å². The number of rotatable bonds is 11. The largest absolute Gasteiger partial charge is 0.453 e. The molecule has 4 heterocycles. The molecule has 1 saturated carbocycles. The van der Waals surface area contributed by atoms with Gasteiger partial charge in [0.2, 0.25) is 5.91 Å². The van der Waals surface area contributed by atoms with Gasteiger partial charge in [-0.1, -0.05) is 42.5 Å². The van der Waals surface area contributed by atoms with Crippen LogP contribution in [0.5, 0.6) is 0 Å². The van der Waals surface area contributed by atoms with Crippen LogP contribution >= 0.6 is 0 Å². The Kier molecular flexibility index (Phi) is 11.1. The molecular formula is C43H44F2N8O6. The molecule has 0 bridgehead atoms. The highest BCUT2D eigenvalue weighted by Gasteiger charge is 2.43. The molecule has 2 aromatic heterocycles. The first-order chi connectivity index (χ1) is 28.6. The van der Waals surface area contributed by atoms with E-state index >= 15 is 8.78 Å². The lowest BCUT2D eigenvalue weighted by molar-refractivity contribution is -0.135. The summed E-state index contributed by atoms with van der Waals surface area (Å²) >= 11 is 0. The maximum atomic E-state index is 15.8. The van der Waals surface area contributed by atoms with Crippen LogP contribution in [0.3, 0.4) is 0 Å². The molecule has 2 aliphatic heterocycles. The van der Waals surface area contributed by atoms with E-state index in [2.05, 4.69) is 30.6 Å². The van der Waals surface area contributed by atoms with Crippen LogP contribution in [0.1, 0.15) is 73.9 Å². The second-order valence-corrected chi connectivity index (χ2v) is 15.1. The van der Waals surface area contributed by atoms with E-state index in [-0.39, 0.29) is 34.9 Å². The molecule has 4 atom stereocenters. The molecule has 4 amide bonds. The number of carbonyl (C=O) groups excluding carboxylic acids is 4. The number of imidazole rings is 2. The van der Waals surface area contributed by atoms with Gasteiger partial charge >= 0.3 is 12.2 Å². The van der Waals surface area contributed by atoms with Crippen molar-refractivity contribution in [2.45, 2.75) is 62.7 Å². The van der Waals surface area contributed by atoms with Crippen LogP contribution in [0.4, 0.5) is 18.4 Å². The predicted octanol–water partition coefficient (Wildman–Crippen LogP) is 6.97. The van der Waals surface area contributed by atoms with E-state index in [4.69, 9.17) is 9.47 Å². The Morgan fingerprint density at radius 3 is 1.69 bits per heavy atom. The van der Waals surface area contributed by atoms with Crippen molar-refractivity contribution < 1.29 is 37.4 Å². The molecule has 3 aromatic carbocycles. The van der Waals surface area contributed by atoms with Gasteiger partial charge in [-0.25, -0.2) is 28.3 Å². The van der Waals surface area contributed by atoms with Crippen LogP contribution in [0.25, 0.3) is 33.6 Å². The topological polar surface area (TPSA) is 175 Å². The number of carbonyl (C=O) groups is 4. The van der Waals surface area contributed by atoms with Gasteiger partial charge in [0, 0.05) is 24.2 Å². The Labute approximate surface area is 338 Å². The van der Waals surface area contributed by atoms with Gasteiger partial charge in [-0.3, -0.25) is 9.59 Å². The normalized spacial score (nSPS) is 18.6. The average Bonchev–Trinajstić information content (AvgIpc) is 3.71. The van der Waals surface area contributed by atoms with Crippen molar-refractivity contribution in [1.29, 1.82) is 0 Å². The van der Waals surface area contributed by atoms with Gasteiger partial charge in [0.15, 0.2) is 0 Å². The van der Waals surface area contributed by atoms with Gasteiger partial charge in [-0.05, 0) is 85.4 Å². The third kappa shape index (κ3) is 8.11. The number of likely N-dealkylation sites (tertiary alicyclic amines) is 2. The summed E-state index contributed by atoms with van der Waals surface area (Å²) in [5.41, 5.74) is 2.91. The van der Waals surface area contributed by atoms with E-state index in [1.165, 1.54) is 38.7 Å². The third-order valence-electron chi connectivity index (χ3n) is 11.4. The SMILES string of the molecule is COC(=O)N[C@H](C(=O)N1CCC[C@H]1c1ncc(-c2ccc(-c3ccc(-c4cnc([C@@H]5CCCN5C(=O)[C@H](NC(=O)OC)c5ccccc5)[nH]4)c(F)c3)cc2F)[nH]1)C1CC1. The molecule has 306 valence electrons. The monoisotopic (exact) mass is 806 g/mol. The molecule has 0 spiro atoms. The third-order valence-corrected chi connectivity index (χ3v) is 11.4. The van der Waals surface area contributed by atoms with E-state index in [0.29, 0.717) is 72.1 Å². The highest BCUT2D eigenvalue weighted by Crippen LogP contribution is 2.39. The van der Waals surface area contributed by atoms with Crippen molar-refractivity contribution in [3.8, 4) is 33.6 Å². The number of nitrogens with one attached hydrogen (secondary N) is 4. The molecule has 4 N–H and O–H groups in total. The lowest BCUT2D eigenvalue weighted by Crippen LogP contribution is -2.49. The fourth-order valence-electron chi connectivity index (χ4n) is 8.19. The number of methoxy groups -OCH3 is 2. The molecule has 2 saturated heterocycles. The van der Waals surface area contributed by atoms with E-state index in [1.54, 1.807) is 58.3 Å². The highest BCUT2D eigenvalue weighted by atomic mass is 19.1. The highest BCUT2D eigenvalue weighted by molar-refractivity contribution is 5.88. The fraction of sp³-hybridized carbons (Fsp3) is 0.349. The number of aromatic nitrogens is 4. The number of amides is 4. The summed E-state index contributed by atoms with van der Waals surface area (Å²) in [6, 6.07) is 15.8. The second kappa shape index (κ2) is 16.7. The summed E-state index contributed by atoms with van der Waals surface area (Å²) in [7, 11) is 2.50. The van der Waals surface area contributed by atoms with Crippen LogP contribution in [-0.2, 0) is 19.1 Å². The molecule has 3 fully saturated rings. The minimum Gasteiger partial charge on any atom is -0.453 e. The summed E-state index contributed by atoms with van der Waals surface area (Å²) in [6.07, 6.45) is 6.14. The summed E-state index contributed by atoms with van der Waals surface area (Å²) in [4.78, 5) is 70.5. The van der Waals surface area contributed by atoms with E-state index in [0.717, 1.165) is 19.3 Å². The summed E-state index contributed by atoms with van der Waals surface area (Å²) < 4.78 is 41.1. The first-order valence-electron chi connectivity index (χ1n) is 19.7. The Bertz CT molecular complexity index is 2360. The number of nitrogens with zero attached hydrogens (tertiary/aromatic N) is 4. The summed E-state index contributed by atoms with van der Waals surface area (Å²) in [5.74, 6) is -0.503. The summed E-state index contributed by atoms with van der Waals surface area (Å²) in [6.45, 7) is 0.961. The molecule has 1 aliphatic carbocycles. The predicted molar refractivity (Wildman–Crippen MR) is 211 cm³/mol. The zero-order valence-electron chi connectivity index (χ0n) is 32.5. The van der Waals surface area contributed by atoms with Gasteiger partial charge in [-0.15, -0.1) is 0 Å². The van der Waals surface area contributed by atoms with Crippen molar-refractivity contribution in [1.82, 2.24) is 40.4 Å². The number of benzene rings is 3. The van der Waals surface area contributed by atoms with Gasteiger partial charge in [0.25, 0.3) is 5.91 Å². The molecule has 0 radical (unpaired) electrons. The van der Waals surface area contributed by atoms with Crippen LogP contribution in [0.15, 0.2) is 79.1 Å². The zero-order chi connectivity index (χ0) is 41.2. The molecule has 8 rings (SSSR count). The first kappa shape index (κ1) is 39.3. The molecule has 14 nitrogen and oxygen atoms in total. The first-order valence-corrected chi connectivity index (χ1v) is 19.7. The van der Waals surface area contributed by atoms with Crippen molar-refractivity contribution in [3.63, 3.8) is 0 Å². The Balaban J connectivity index is 0.958. The van der Waals surface area contributed by atoms with Crippen molar-refractivity contribution in [3.05, 3.63) is 108 Å². The lowest BCUT2D eigenvalue weighted by Gasteiger charge is -2.28. The minimum absolute atomic E-state index is 0.0661. The van der Waals surface area contributed by atoms with Gasteiger partial charge in [0.05, 0.1) is 50.1 Å². The van der Waals surface area contributed by atoms with Crippen molar-refractivity contribution in [2.75, 3.05) is 27.3 Å². The lowest BCUT2D eigenvalue weighted by atomic mass is 10.00. The number of hydrogen-bond acceptors (Lipinski definition) is 8. The van der Waals surface area contributed by atoms with Gasteiger partial charge < -0.3 is 39.9 Å². The fourth-order valence-corrected chi connectivity index (χ4v) is 8.19. The van der Waals surface area contributed by atoms with Crippen LogP contribution < -0.4 is 10.6 Å². The van der Waals surface area contributed by atoms with Gasteiger partial charge in [-0.2, -0.15) is 0 Å². The quantitative estimate of drug-likeness (QED) is 0.111. The average molecular weight is 807 g/mol. The molecule has 59 heavy (non-hydrogen) atoms. The van der Waals surface area contributed by atoms with Crippen molar-refractivity contribution in [2.24, 2.45) is 5.92 Å². The minimum atomic E-state index is -0.969. The molecule has 16 heteroatoms. The molecule has 5 aromatic rings. The van der Waals surface area contributed by atoms with E-state index in [9.17, 15) is 19.2 Å². The zero-order valence-corrected chi connectivity index (χ0v) is 32.5. The smallest absolute Gasteiger partial charge is 0.407 e. The standard InChI is InChI=1S/C43H44F2N8O6/c1-58-42(56)50-36(24-8-4-3-5-9-24)40(54)52-18-6-10-34(52)38-46-22-32(48-38)28-16-14-26(20-30(28)44)27-15-17-29(31(45)21-27)33-23-47-39(49-33)35-11-7-19-53(35)41(55)37(25-12-13-25)51-43(57)59-2/h3-5,8-9,14-17,20-23,25,34-37H,6-7,10-13,18-19H2,1-2H3,(H,46,48)(H,47,49)(H,50,56)(H,51,57)/t34-,35-,36+,37-/m0/s1. The van der Waals surface area contributed by atoms with Gasteiger partial charge in [0.1, 0.15) is 35.4 Å². The van der Waals surface area contributed by atoms with E-state index < -0.39 is 41.9 Å². The maximum Gasteiger partial charge on any atom is 0.407 e.